The lowest BCUT2D eigenvalue weighted by molar-refractivity contribution is 0.374. The maximum atomic E-state index is 5.26. The van der Waals surface area contributed by atoms with E-state index in [9.17, 15) is 0 Å². The minimum atomic E-state index is 0.310. The fourth-order valence-electron chi connectivity index (χ4n) is 2.15. The molecule has 0 radical (unpaired) electrons. The van der Waals surface area contributed by atoms with E-state index in [2.05, 4.69) is 53.7 Å². The zero-order chi connectivity index (χ0) is 15.9. The summed E-state index contributed by atoms with van der Waals surface area (Å²) in [4.78, 5) is 6.99. The van der Waals surface area contributed by atoms with Gasteiger partial charge in [0.2, 0.25) is 0 Å². The van der Waals surface area contributed by atoms with Crippen molar-refractivity contribution in [3.63, 3.8) is 0 Å². The molecule has 0 spiro atoms. The number of thiophene rings is 1. The molecule has 2 aromatic rings. The summed E-state index contributed by atoms with van der Waals surface area (Å²) in [5, 5.41) is 10.6. The topological polar surface area (TPSA) is 62.5 Å². The molecule has 0 aliphatic rings. The summed E-state index contributed by atoms with van der Waals surface area (Å²) in [7, 11) is 1.77. The molecular formula is C16H24N4OS. The molecule has 2 heterocycles. The van der Waals surface area contributed by atoms with E-state index in [0.29, 0.717) is 12.6 Å². The highest BCUT2D eigenvalue weighted by molar-refractivity contribution is 7.11. The quantitative estimate of drug-likeness (QED) is 0.634. The van der Waals surface area contributed by atoms with Crippen molar-refractivity contribution < 1.29 is 4.52 Å². The number of guanidine groups is 1. The molecule has 2 aromatic heterocycles. The van der Waals surface area contributed by atoms with Gasteiger partial charge >= 0.3 is 0 Å². The maximum absolute atomic E-state index is 5.26. The second-order valence-corrected chi connectivity index (χ2v) is 6.70. The molecule has 0 bridgehead atoms. The van der Waals surface area contributed by atoms with Crippen LogP contribution in [0.5, 0.6) is 0 Å². The molecule has 5 nitrogen and oxygen atoms in total. The zero-order valence-corrected chi connectivity index (χ0v) is 14.5. The van der Waals surface area contributed by atoms with Gasteiger partial charge in [0.05, 0.1) is 12.2 Å². The second-order valence-electron chi connectivity index (χ2n) is 5.33. The third-order valence-corrected chi connectivity index (χ3v) is 4.33. The van der Waals surface area contributed by atoms with Gasteiger partial charge < -0.3 is 15.2 Å². The van der Waals surface area contributed by atoms with E-state index in [0.717, 1.165) is 30.3 Å². The molecule has 0 aliphatic carbocycles. The summed E-state index contributed by atoms with van der Waals surface area (Å²) >= 11 is 1.84. The monoisotopic (exact) mass is 320 g/mol. The van der Waals surface area contributed by atoms with Crippen molar-refractivity contribution in [2.45, 2.75) is 46.2 Å². The summed E-state index contributed by atoms with van der Waals surface area (Å²) < 4.78 is 5.26. The van der Waals surface area contributed by atoms with Crippen LogP contribution in [0.25, 0.3) is 0 Å². The normalized spacial score (nSPS) is 13.2. The van der Waals surface area contributed by atoms with Gasteiger partial charge in [0.25, 0.3) is 0 Å². The third-order valence-electron chi connectivity index (χ3n) is 3.31. The average molecular weight is 320 g/mol. The Hall–Kier alpha value is -1.82. The molecule has 2 rings (SSSR count). The van der Waals surface area contributed by atoms with Gasteiger partial charge in [0.1, 0.15) is 0 Å². The minimum absolute atomic E-state index is 0.310. The van der Waals surface area contributed by atoms with Crippen LogP contribution in [0.15, 0.2) is 27.7 Å². The summed E-state index contributed by atoms with van der Waals surface area (Å²) in [5.41, 5.74) is 0.973. The van der Waals surface area contributed by atoms with Gasteiger partial charge in [0.15, 0.2) is 11.7 Å². The third kappa shape index (κ3) is 4.87. The Morgan fingerprint density at radius 3 is 2.86 bits per heavy atom. The number of rotatable bonds is 6. The van der Waals surface area contributed by atoms with Crippen molar-refractivity contribution in [3.8, 4) is 0 Å². The Morgan fingerprint density at radius 1 is 1.45 bits per heavy atom. The van der Waals surface area contributed by atoms with Crippen LogP contribution >= 0.6 is 11.3 Å². The lowest BCUT2D eigenvalue weighted by atomic mass is 10.2. The molecule has 0 saturated heterocycles. The number of aromatic nitrogens is 1. The summed E-state index contributed by atoms with van der Waals surface area (Å²) in [6.45, 7) is 6.93. The summed E-state index contributed by atoms with van der Waals surface area (Å²) in [5.74, 6) is 1.59. The highest BCUT2D eigenvalue weighted by atomic mass is 32.1. The molecule has 0 aromatic carbocycles. The second kappa shape index (κ2) is 7.98. The molecule has 1 atom stereocenters. The fraction of sp³-hybridized carbons (Fsp3) is 0.500. The largest absolute Gasteiger partial charge is 0.359 e. The lowest BCUT2D eigenvalue weighted by Crippen LogP contribution is -2.42. The van der Waals surface area contributed by atoms with Crippen LogP contribution in [-0.2, 0) is 19.4 Å². The van der Waals surface area contributed by atoms with E-state index >= 15 is 0 Å². The Bertz CT molecular complexity index is 617. The molecule has 0 aliphatic heterocycles. The average Bonchev–Trinajstić information content (AvgIpc) is 3.12. The first kappa shape index (κ1) is 16.5. The number of aliphatic imine (C=N–C) groups is 1. The van der Waals surface area contributed by atoms with Crippen LogP contribution < -0.4 is 10.6 Å². The molecule has 6 heteroatoms. The predicted octanol–water partition coefficient (Wildman–Crippen LogP) is 2.90. The van der Waals surface area contributed by atoms with Crippen LogP contribution in [-0.4, -0.2) is 24.2 Å². The molecule has 2 N–H and O–H groups in total. The van der Waals surface area contributed by atoms with Crippen molar-refractivity contribution in [1.82, 2.24) is 15.8 Å². The number of aryl methyl sites for hydroxylation is 2. The first-order chi connectivity index (χ1) is 10.6. The molecule has 1 unspecified atom stereocenters. The van der Waals surface area contributed by atoms with Gasteiger partial charge in [-0.25, -0.2) is 0 Å². The van der Waals surface area contributed by atoms with Crippen molar-refractivity contribution in [2.75, 3.05) is 7.05 Å². The molecule has 0 fully saturated rings. The first-order valence-electron chi connectivity index (χ1n) is 7.57. The van der Waals surface area contributed by atoms with E-state index in [1.54, 1.807) is 7.05 Å². The number of hydrogen-bond acceptors (Lipinski definition) is 4. The van der Waals surface area contributed by atoms with E-state index in [1.807, 2.05) is 17.4 Å². The molecular weight excluding hydrogens is 296 g/mol. The Kier molecular flexibility index (Phi) is 6.00. The van der Waals surface area contributed by atoms with Crippen LogP contribution in [0.2, 0.25) is 0 Å². The van der Waals surface area contributed by atoms with Crippen molar-refractivity contribution >= 4 is 17.3 Å². The lowest BCUT2D eigenvalue weighted by Gasteiger charge is -2.16. The highest BCUT2D eigenvalue weighted by Gasteiger charge is 2.09. The number of nitrogens with one attached hydrogen (secondary N) is 2. The number of nitrogens with zero attached hydrogens (tertiary/aromatic N) is 2. The Labute approximate surface area is 135 Å². The standard InChI is InChI=1S/C16H24N4OS/c1-5-13-9-14(21-20-13)10-18-16(17-4)19-11(2)8-15-7-6-12(3)22-15/h6-7,9,11H,5,8,10H2,1-4H3,(H2,17,18,19). The Morgan fingerprint density at radius 2 is 2.27 bits per heavy atom. The van der Waals surface area contributed by atoms with E-state index in [1.165, 1.54) is 9.75 Å². The molecule has 0 saturated carbocycles. The van der Waals surface area contributed by atoms with E-state index in [-0.39, 0.29) is 0 Å². The van der Waals surface area contributed by atoms with E-state index < -0.39 is 0 Å². The Balaban J connectivity index is 1.81. The molecule has 120 valence electrons. The molecule has 0 amide bonds. The maximum Gasteiger partial charge on any atom is 0.191 e. The van der Waals surface area contributed by atoms with Crippen molar-refractivity contribution in [2.24, 2.45) is 4.99 Å². The summed E-state index contributed by atoms with van der Waals surface area (Å²) in [6.07, 6.45) is 1.87. The van der Waals surface area contributed by atoms with Crippen LogP contribution in [0.3, 0.4) is 0 Å². The van der Waals surface area contributed by atoms with Gasteiger partial charge in [-0.2, -0.15) is 0 Å². The SMILES string of the molecule is CCc1cc(CNC(=NC)NC(C)Cc2ccc(C)s2)on1. The molecule has 22 heavy (non-hydrogen) atoms. The summed E-state index contributed by atoms with van der Waals surface area (Å²) in [6, 6.07) is 6.63. The zero-order valence-electron chi connectivity index (χ0n) is 13.6. The van der Waals surface area contributed by atoms with Gasteiger partial charge in [-0.1, -0.05) is 12.1 Å². The van der Waals surface area contributed by atoms with Crippen LogP contribution in [0.4, 0.5) is 0 Å². The predicted molar refractivity (Wildman–Crippen MR) is 91.4 cm³/mol. The van der Waals surface area contributed by atoms with Gasteiger partial charge in [-0.15, -0.1) is 11.3 Å². The first-order valence-corrected chi connectivity index (χ1v) is 8.39. The smallest absolute Gasteiger partial charge is 0.191 e. The highest BCUT2D eigenvalue weighted by Crippen LogP contribution is 2.16. The minimum Gasteiger partial charge on any atom is -0.359 e. The van der Waals surface area contributed by atoms with Crippen LogP contribution in [0.1, 0.15) is 35.1 Å². The van der Waals surface area contributed by atoms with Crippen molar-refractivity contribution in [1.29, 1.82) is 0 Å². The fourth-order valence-corrected chi connectivity index (χ4v) is 3.17. The van der Waals surface area contributed by atoms with E-state index in [4.69, 9.17) is 4.52 Å². The number of hydrogen-bond donors (Lipinski definition) is 2. The van der Waals surface area contributed by atoms with Crippen molar-refractivity contribution in [3.05, 3.63) is 39.4 Å². The van der Waals surface area contributed by atoms with Gasteiger partial charge in [-0.3, -0.25) is 4.99 Å². The van der Waals surface area contributed by atoms with Gasteiger partial charge in [0, 0.05) is 35.3 Å². The van der Waals surface area contributed by atoms with Gasteiger partial charge in [-0.05, 0) is 32.4 Å². The van der Waals surface area contributed by atoms with Crippen LogP contribution in [0, 0.1) is 6.92 Å².